The maximum absolute atomic E-state index is 12.7. The second-order valence-corrected chi connectivity index (χ2v) is 10.4. The topological polar surface area (TPSA) is 130 Å². The Balaban J connectivity index is 1.50. The highest BCUT2D eigenvalue weighted by Crippen LogP contribution is 2.41. The molecule has 2 N–H and O–H groups in total. The van der Waals surface area contributed by atoms with Crippen LogP contribution in [0.2, 0.25) is 5.02 Å². The number of aromatic nitrogens is 4. The monoisotopic (exact) mass is 486 g/mol. The normalized spacial score (nSPS) is 20.8. The Labute approximate surface area is 188 Å². The lowest BCUT2D eigenvalue weighted by atomic mass is 10.0. The molecule has 0 radical (unpaired) electrons. The molecule has 2 atom stereocenters. The van der Waals surface area contributed by atoms with E-state index in [4.69, 9.17) is 11.6 Å². The molecule has 4 rings (SSSR count). The van der Waals surface area contributed by atoms with Crippen LogP contribution in [0, 0.1) is 6.92 Å². The Morgan fingerprint density at radius 1 is 1.43 bits per heavy atom. The second kappa shape index (κ2) is 8.21. The molecule has 0 aromatic carbocycles. The van der Waals surface area contributed by atoms with E-state index in [0.717, 1.165) is 9.35 Å². The molecule has 2 amide bonds. The number of nitrogens with zero attached hydrogens (tertiary/aromatic N) is 5. The number of carboxylic acids is 1. The highest BCUT2D eigenvalue weighted by Gasteiger charge is 2.54. The Morgan fingerprint density at radius 3 is 2.80 bits per heavy atom. The van der Waals surface area contributed by atoms with E-state index in [-0.39, 0.29) is 16.4 Å². The van der Waals surface area contributed by atoms with E-state index in [0.29, 0.717) is 17.1 Å². The average Bonchev–Trinajstić information content (AvgIpc) is 3.27. The molecule has 14 heteroatoms. The molecule has 0 bridgehead atoms. The molecular weight excluding hydrogens is 472 g/mol. The van der Waals surface area contributed by atoms with Crippen LogP contribution in [0.25, 0.3) is 0 Å². The molecular formula is C16H15ClN6O4S3. The van der Waals surface area contributed by atoms with Crippen molar-refractivity contribution in [2.24, 2.45) is 7.05 Å². The third-order valence-electron chi connectivity index (χ3n) is 4.52. The van der Waals surface area contributed by atoms with Crippen molar-refractivity contribution in [1.82, 2.24) is 30.2 Å². The zero-order valence-electron chi connectivity index (χ0n) is 15.7. The van der Waals surface area contributed by atoms with Crippen molar-refractivity contribution in [1.29, 1.82) is 0 Å². The number of carboxylic acid groups (broad SMARTS) is 1. The van der Waals surface area contributed by atoms with Crippen LogP contribution in [0.3, 0.4) is 0 Å². The summed E-state index contributed by atoms with van der Waals surface area (Å²) in [6, 6.07) is -0.831. The first-order chi connectivity index (χ1) is 14.3. The van der Waals surface area contributed by atoms with Crippen molar-refractivity contribution in [3.05, 3.63) is 33.2 Å². The van der Waals surface area contributed by atoms with Crippen molar-refractivity contribution < 1.29 is 19.5 Å². The summed E-state index contributed by atoms with van der Waals surface area (Å²) in [7, 11) is 1.57. The van der Waals surface area contributed by atoms with Crippen molar-refractivity contribution in [3.8, 4) is 0 Å². The summed E-state index contributed by atoms with van der Waals surface area (Å²) in [4.78, 5) is 38.4. The maximum atomic E-state index is 12.7. The smallest absolute Gasteiger partial charge is 0.352 e. The van der Waals surface area contributed by atoms with Crippen LogP contribution in [-0.2, 0) is 16.6 Å². The first kappa shape index (κ1) is 21.2. The van der Waals surface area contributed by atoms with Gasteiger partial charge in [0.1, 0.15) is 27.8 Å². The van der Waals surface area contributed by atoms with E-state index in [9.17, 15) is 19.5 Å². The van der Waals surface area contributed by atoms with Gasteiger partial charge < -0.3 is 10.4 Å². The van der Waals surface area contributed by atoms with Gasteiger partial charge in [0, 0.05) is 18.6 Å². The number of nitrogens with one attached hydrogen (secondary N) is 1. The van der Waals surface area contributed by atoms with Crippen LogP contribution >= 0.6 is 46.5 Å². The molecule has 30 heavy (non-hydrogen) atoms. The van der Waals surface area contributed by atoms with Crippen molar-refractivity contribution in [3.63, 3.8) is 0 Å². The number of aliphatic carboxylic acids is 1. The zero-order chi connectivity index (χ0) is 21.6. The number of carbonyl (C=O) groups excluding carboxylic acids is 2. The number of aryl methyl sites for hydroxylation is 2. The number of hydrogen-bond donors (Lipinski definition) is 2. The van der Waals surface area contributed by atoms with Crippen molar-refractivity contribution in [2.75, 3.05) is 11.5 Å². The minimum Gasteiger partial charge on any atom is -0.477 e. The molecule has 2 aromatic heterocycles. The number of carbonyl (C=O) groups is 3. The number of thioether (sulfide) groups is 2. The molecule has 2 aliphatic rings. The van der Waals surface area contributed by atoms with Crippen LogP contribution in [-0.4, -0.2) is 70.7 Å². The van der Waals surface area contributed by atoms with E-state index in [1.807, 2.05) is 6.92 Å². The van der Waals surface area contributed by atoms with Gasteiger partial charge in [0.05, 0.1) is 11.2 Å². The van der Waals surface area contributed by atoms with Crippen molar-refractivity contribution >= 4 is 64.2 Å². The Bertz CT molecular complexity index is 1060. The van der Waals surface area contributed by atoms with Gasteiger partial charge in [-0.2, -0.15) is 5.10 Å². The van der Waals surface area contributed by atoms with Gasteiger partial charge in [0.2, 0.25) is 0 Å². The summed E-state index contributed by atoms with van der Waals surface area (Å²) < 4.78 is 2.06. The van der Waals surface area contributed by atoms with Crippen LogP contribution < -0.4 is 5.32 Å². The minimum atomic E-state index is -1.17. The molecule has 2 aliphatic heterocycles. The lowest BCUT2D eigenvalue weighted by molar-refractivity contribution is -0.148. The molecule has 0 saturated carbocycles. The summed E-state index contributed by atoms with van der Waals surface area (Å²) in [5.74, 6) is -1.35. The van der Waals surface area contributed by atoms with Crippen LogP contribution in [0.1, 0.15) is 15.5 Å². The zero-order valence-corrected chi connectivity index (χ0v) is 18.9. The van der Waals surface area contributed by atoms with Gasteiger partial charge in [-0.3, -0.25) is 19.2 Å². The Kier molecular flexibility index (Phi) is 5.79. The fraction of sp³-hybridized carbons (Fsp3) is 0.375. The standard InChI is InChI=1S/C16H15ClN6O4S3/c1-6-20-21-16(30-6)29-5-7-4-28-14-9(13(25)23(14)10(7)15(26)27)19-12(24)11-8(17)3-18-22(11)2/h3,9,14H,4-5H2,1-2H3,(H,19,24)(H,26,27)/t9-,14-/m1/s1. The van der Waals surface area contributed by atoms with Crippen LogP contribution in [0.15, 0.2) is 21.8 Å². The Morgan fingerprint density at radius 2 is 2.20 bits per heavy atom. The van der Waals surface area contributed by atoms with Gasteiger partial charge in [-0.25, -0.2) is 4.79 Å². The van der Waals surface area contributed by atoms with Crippen molar-refractivity contribution in [2.45, 2.75) is 22.7 Å². The molecule has 1 saturated heterocycles. The number of fused-ring (bicyclic) bond motifs is 1. The van der Waals surface area contributed by atoms with E-state index in [2.05, 4.69) is 20.6 Å². The summed E-state index contributed by atoms with van der Waals surface area (Å²) >= 11 is 10.2. The fourth-order valence-electron chi connectivity index (χ4n) is 3.16. The SMILES string of the molecule is Cc1nnc(SCC2=C(C(=O)O)N3C(=O)[C@@H](NC(=O)c4c(Cl)cnn4C)[C@H]3SC2)s1. The summed E-state index contributed by atoms with van der Waals surface area (Å²) in [5.41, 5.74) is 0.748. The predicted octanol–water partition coefficient (Wildman–Crippen LogP) is 1.38. The molecule has 1 fully saturated rings. The third kappa shape index (κ3) is 3.70. The van der Waals surface area contributed by atoms with E-state index in [1.165, 1.54) is 50.6 Å². The number of hydrogen-bond acceptors (Lipinski definition) is 9. The van der Waals surface area contributed by atoms with Crippen LogP contribution in [0.4, 0.5) is 0 Å². The average molecular weight is 487 g/mol. The van der Waals surface area contributed by atoms with Crippen LogP contribution in [0.5, 0.6) is 0 Å². The van der Waals surface area contributed by atoms with Gasteiger partial charge in [0.15, 0.2) is 4.34 Å². The lowest BCUT2D eigenvalue weighted by Crippen LogP contribution is -2.70. The quantitative estimate of drug-likeness (QED) is 0.459. The largest absolute Gasteiger partial charge is 0.477 e. The molecule has 0 aliphatic carbocycles. The first-order valence-electron chi connectivity index (χ1n) is 8.59. The summed E-state index contributed by atoms with van der Waals surface area (Å²) in [6.45, 7) is 1.84. The number of rotatable bonds is 6. The maximum Gasteiger partial charge on any atom is 0.352 e. The highest BCUT2D eigenvalue weighted by atomic mass is 35.5. The first-order valence-corrected chi connectivity index (χ1v) is 11.8. The van der Waals surface area contributed by atoms with Gasteiger partial charge in [-0.15, -0.1) is 22.0 Å². The third-order valence-corrected chi connectivity index (χ3v) is 8.20. The highest BCUT2D eigenvalue weighted by molar-refractivity contribution is 8.01. The predicted molar refractivity (Wildman–Crippen MR) is 113 cm³/mol. The van der Waals surface area contributed by atoms with Gasteiger partial charge in [0.25, 0.3) is 11.8 Å². The molecule has 10 nitrogen and oxygen atoms in total. The molecule has 2 aromatic rings. The number of β-lactam (4-membered cyclic amide) rings is 1. The van der Waals surface area contributed by atoms with E-state index < -0.39 is 29.2 Å². The molecule has 0 spiro atoms. The van der Waals surface area contributed by atoms with E-state index >= 15 is 0 Å². The van der Waals surface area contributed by atoms with Gasteiger partial charge in [-0.1, -0.05) is 34.7 Å². The van der Waals surface area contributed by atoms with E-state index in [1.54, 1.807) is 7.05 Å². The molecule has 4 heterocycles. The van der Waals surface area contributed by atoms with Gasteiger partial charge >= 0.3 is 5.97 Å². The molecule has 158 valence electrons. The van der Waals surface area contributed by atoms with Gasteiger partial charge in [-0.05, 0) is 12.5 Å². The lowest BCUT2D eigenvalue weighted by Gasteiger charge is -2.49. The second-order valence-electron chi connectivity index (χ2n) is 6.46. The molecule has 0 unspecified atom stereocenters. The fourth-order valence-corrected chi connectivity index (χ4v) is 6.71. The number of amides is 2. The minimum absolute atomic E-state index is 0.0263. The Hall–Kier alpha value is -2.09. The number of halogens is 1. The summed E-state index contributed by atoms with van der Waals surface area (Å²) in [6.07, 6.45) is 1.34. The summed E-state index contributed by atoms with van der Waals surface area (Å²) in [5, 5.41) is 24.8.